The number of hydrogen-bond acceptors (Lipinski definition) is 3. The molecule has 1 atom stereocenters. The third-order valence-electron chi connectivity index (χ3n) is 3.56. The van der Waals surface area contributed by atoms with Gasteiger partial charge in [-0.3, -0.25) is 0 Å². The van der Waals surface area contributed by atoms with Crippen molar-refractivity contribution in [3.8, 4) is 0 Å². The summed E-state index contributed by atoms with van der Waals surface area (Å²) in [5.74, 6) is 2.18. The standard InChI is InChI=1S/C13H17BrN2OS/c1-2-17-11(8-5-6-8)12-15-10(7-3-4-7)9(14)13(18)16-12/h7-8,11H,2-6H2,1H3,(H,15,16,18). The van der Waals surface area contributed by atoms with Crippen molar-refractivity contribution in [3.63, 3.8) is 0 Å². The lowest BCUT2D eigenvalue weighted by Gasteiger charge is -2.17. The summed E-state index contributed by atoms with van der Waals surface area (Å²) in [6.07, 6.45) is 5.07. The molecule has 3 nitrogen and oxygen atoms in total. The van der Waals surface area contributed by atoms with Gasteiger partial charge >= 0.3 is 0 Å². The second-order valence-corrected chi connectivity index (χ2v) is 6.32. The molecule has 1 aromatic rings. The van der Waals surface area contributed by atoms with Gasteiger partial charge in [-0.05, 0) is 54.5 Å². The molecule has 0 aliphatic heterocycles. The number of rotatable bonds is 5. The molecule has 0 amide bonds. The van der Waals surface area contributed by atoms with Crippen molar-refractivity contribution in [2.75, 3.05) is 6.61 Å². The minimum absolute atomic E-state index is 0.0994. The van der Waals surface area contributed by atoms with Crippen molar-refractivity contribution in [2.24, 2.45) is 5.92 Å². The minimum atomic E-state index is 0.0994. The highest BCUT2D eigenvalue weighted by Crippen LogP contribution is 2.45. The van der Waals surface area contributed by atoms with Crippen LogP contribution in [-0.4, -0.2) is 16.6 Å². The van der Waals surface area contributed by atoms with Crippen LogP contribution in [0.25, 0.3) is 0 Å². The van der Waals surface area contributed by atoms with Gasteiger partial charge in [0.1, 0.15) is 16.6 Å². The molecule has 3 rings (SSSR count). The van der Waals surface area contributed by atoms with Crippen molar-refractivity contribution in [3.05, 3.63) is 20.6 Å². The third-order valence-corrected chi connectivity index (χ3v) is 4.92. The van der Waals surface area contributed by atoms with Crippen LogP contribution >= 0.6 is 28.1 Å². The molecule has 2 fully saturated rings. The number of aromatic amines is 1. The summed E-state index contributed by atoms with van der Waals surface area (Å²) in [7, 11) is 0. The van der Waals surface area contributed by atoms with Crippen LogP contribution in [0.1, 0.15) is 56.1 Å². The van der Waals surface area contributed by atoms with E-state index in [0.29, 0.717) is 16.5 Å². The largest absolute Gasteiger partial charge is 0.370 e. The summed E-state index contributed by atoms with van der Waals surface area (Å²) in [5.41, 5.74) is 1.22. The molecule has 2 aliphatic carbocycles. The van der Waals surface area contributed by atoms with Crippen LogP contribution in [0.2, 0.25) is 0 Å². The van der Waals surface area contributed by atoms with E-state index in [2.05, 4.69) is 25.9 Å². The normalized spacial score (nSPS) is 21.0. The summed E-state index contributed by atoms with van der Waals surface area (Å²) < 4.78 is 7.48. The molecule has 0 aromatic carbocycles. The molecule has 5 heteroatoms. The fraction of sp³-hybridized carbons (Fsp3) is 0.692. The molecule has 1 aromatic heterocycles. The number of H-pyrrole nitrogens is 1. The predicted molar refractivity (Wildman–Crippen MR) is 76.2 cm³/mol. The summed E-state index contributed by atoms with van der Waals surface area (Å²) in [6.45, 7) is 2.75. The Balaban J connectivity index is 1.97. The molecule has 98 valence electrons. The van der Waals surface area contributed by atoms with Crippen molar-refractivity contribution in [1.29, 1.82) is 0 Å². The van der Waals surface area contributed by atoms with Gasteiger partial charge in [0, 0.05) is 18.2 Å². The van der Waals surface area contributed by atoms with Gasteiger partial charge in [0.25, 0.3) is 0 Å². The number of halogens is 1. The zero-order valence-electron chi connectivity index (χ0n) is 10.4. The van der Waals surface area contributed by atoms with E-state index in [4.69, 9.17) is 17.0 Å². The van der Waals surface area contributed by atoms with Crippen LogP contribution in [0, 0.1) is 10.6 Å². The first-order chi connectivity index (χ1) is 8.70. The second-order valence-electron chi connectivity index (χ2n) is 5.14. The lowest BCUT2D eigenvalue weighted by Crippen LogP contribution is -2.12. The molecule has 0 bridgehead atoms. The average molecular weight is 329 g/mol. The highest BCUT2D eigenvalue weighted by Gasteiger charge is 2.36. The summed E-state index contributed by atoms with van der Waals surface area (Å²) in [4.78, 5) is 7.98. The maximum Gasteiger partial charge on any atom is 0.144 e. The molecule has 0 saturated heterocycles. The van der Waals surface area contributed by atoms with E-state index in [-0.39, 0.29) is 6.10 Å². The van der Waals surface area contributed by atoms with Gasteiger partial charge in [0.15, 0.2) is 0 Å². The molecule has 0 spiro atoms. The molecule has 1 heterocycles. The zero-order valence-corrected chi connectivity index (χ0v) is 12.8. The number of aromatic nitrogens is 2. The fourth-order valence-corrected chi connectivity index (χ4v) is 3.02. The lowest BCUT2D eigenvalue weighted by atomic mass is 10.2. The first-order valence-corrected chi connectivity index (χ1v) is 7.82. The third kappa shape index (κ3) is 2.53. The fourth-order valence-electron chi connectivity index (χ4n) is 2.30. The summed E-state index contributed by atoms with van der Waals surface area (Å²) in [5, 5.41) is 0. The van der Waals surface area contributed by atoms with Gasteiger partial charge in [-0.2, -0.15) is 0 Å². The molecular formula is C13H17BrN2OS. The summed E-state index contributed by atoms with van der Waals surface area (Å²) in [6, 6.07) is 0. The van der Waals surface area contributed by atoms with E-state index in [0.717, 1.165) is 16.9 Å². The molecule has 18 heavy (non-hydrogen) atoms. The topological polar surface area (TPSA) is 37.9 Å². The van der Waals surface area contributed by atoms with Gasteiger partial charge in [0.2, 0.25) is 0 Å². The van der Waals surface area contributed by atoms with E-state index in [1.165, 1.54) is 31.4 Å². The molecule has 1 N–H and O–H groups in total. The van der Waals surface area contributed by atoms with Crippen molar-refractivity contribution in [2.45, 2.75) is 44.6 Å². The van der Waals surface area contributed by atoms with Crippen molar-refractivity contribution < 1.29 is 4.74 Å². The van der Waals surface area contributed by atoms with E-state index in [1.54, 1.807) is 0 Å². The smallest absolute Gasteiger partial charge is 0.144 e. The lowest BCUT2D eigenvalue weighted by molar-refractivity contribution is 0.0397. The Morgan fingerprint density at radius 2 is 2.17 bits per heavy atom. The number of nitrogens with one attached hydrogen (secondary N) is 1. The highest BCUT2D eigenvalue weighted by molar-refractivity contribution is 9.10. The van der Waals surface area contributed by atoms with Gasteiger partial charge in [0.05, 0.1) is 4.47 Å². The van der Waals surface area contributed by atoms with Crippen LogP contribution in [0.4, 0.5) is 0 Å². The maximum atomic E-state index is 5.85. The van der Waals surface area contributed by atoms with Crippen LogP contribution < -0.4 is 0 Å². The zero-order chi connectivity index (χ0) is 12.7. The Morgan fingerprint density at radius 1 is 1.44 bits per heavy atom. The van der Waals surface area contributed by atoms with Crippen LogP contribution in [0.3, 0.4) is 0 Å². The Morgan fingerprint density at radius 3 is 2.72 bits per heavy atom. The minimum Gasteiger partial charge on any atom is -0.370 e. The number of nitrogens with zero attached hydrogens (tertiary/aromatic N) is 1. The van der Waals surface area contributed by atoms with Gasteiger partial charge in [-0.15, -0.1) is 0 Å². The van der Waals surface area contributed by atoms with Crippen molar-refractivity contribution in [1.82, 2.24) is 9.97 Å². The average Bonchev–Trinajstić information content (AvgIpc) is 3.21. The second kappa shape index (κ2) is 5.02. The first-order valence-electron chi connectivity index (χ1n) is 6.62. The maximum absolute atomic E-state index is 5.85. The van der Waals surface area contributed by atoms with E-state index in [9.17, 15) is 0 Å². The van der Waals surface area contributed by atoms with Gasteiger partial charge in [-0.1, -0.05) is 12.2 Å². The highest BCUT2D eigenvalue weighted by atomic mass is 79.9. The molecular weight excluding hydrogens is 312 g/mol. The molecule has 1 unspecified atom stereocenters. The molecule has 0 radical (unpaired) electrons. The Kier molecular flexibility index (Phi) is 3.56. The Labute approximate surface area is 120 Å². The van der Waals surface area contributed by atoms with Crippen LogP contribution in [-0.2, 0) is 4.74 Å². The predicted octanol–water partition coefficient (Wildman–Crippen LogP) is 4.27. The van der Waals surface area contributed by atoms with Crippen LogP contribution in [0.15, 0.2) is 4.47 Å². The van der Waals surface area contributed by atoms with Crippen LogP contribution in [0.5, 0.6) is 0 Å². The monoisotopic (exact) mass is 328 g/mol. The molecule has 2 saturated carbocycles. The van der Waals surface area contributed by atoms with E-state index in [1.807, 2.05) is 6.92 Å². The SMILES string of the molecule is CCOC(c1nc(=S)c(Br)c(C2CC2)[nH]1)C1CC1. The Bertz CT molecular complexity index is 508. The number of ether oxygens (including phenoxy) is 1. The van der Waals surface area contributed by atoms with E-state index < -0.39 is 0 Å². The van der Waals surface area contributed by atoms with Gasteiger partial charge in [-0.25, -0.2) is 4.98 Å². The quantitative estimate of drug-likeness (QED) is 0.820. The van der Waals surface area contributed by atoms with E-state index >= 15 is 0 Å². The first kappa shape index (κ1) is 12.8. The molecule has 2 aliphatic rings. The Hall–Kier alpha value is -0.260. The number of hydrogen-bond donors (Lipinski definition) is 1. The summed E-state index contributed by atoms with van der Waals surface area (Å²) >= 11 is 8.91. The van der Waals surface area contributed by atoms with Gasteiger partial charge < -0.3 is 9.72 Å². The van der Waals surface area contributed by atoms with Crippen molar-refractivity contribution >= 4 is 28.1 Å².